The van der Waals surface area contributed by atoms with Crippen molar-refractivity contribution in [3.63, 3.8) is 0 Å². The molecule has 2 saturated heterocycles. The van der Waals surface area contributed by atoms with Crippen LogP contribution in [-0.4, -0.2) is 65.1 Å². The number of halogens is 1. The Morgan fingerprint density at radius 3 is 2.44 bits per heavy atom. The highest BCUT2D eigenvalue weighted by Gasteiger charge is 2.31. The number of nitrogens with zero attached hydrogens (tertiary/aromatic N) is 3. The molecule has 2 aliphatic heterocycles. The summed E-state index contributed by atoms with van der Waals surface area (Å²) in [6.45, 7) is 7.09. The summed E-state index contributed by atoms with van der Waals surface area (Å²) in [5.41, 5.74) is 3.70. The Hall–Kier alpha value is -2.83. The number of fused-ring (bicyclic) bond motifs is 1. The molecule has 0 saturated carbocycles. The van der Waals surface area contributed by atoms with Gasteiger partial charge in [-0.2, -0.15) is 0 Å². The second-order valence-electron chi connectivity index (χ2n) is 9.40. The van der Waals surface area contributed by atoms with Gasteiger partial charge in [0.05, 0.1) is 0 Å². The van der Waals surface area contributed by atoms with Crippen LogP contribution in [0.4, 0.5) is 0 Å². The number of benzene rings is 2. The second-order valence-corrected chi connectivity index (χ2v) is 9.81. The number of piperazine rings is 1. The van der Waals surface area contributed by atoms with Gasteiger partial charge in [-0.05, 0) is 62.6 Å². The summed E-state index contributed by atoms with van der Waals surface area (Å²) in [6.07, 6.45) is 3.52. The Kier molecular flexibility index (Phi) is 6.36. The van der Waals surface area contributed by atoms with Crippen molar-refractivity contribution in [1.82, 2.24) is 14.4 Å². The average Bonchev–Trinajstić information content (AvgIpc) is 3.53. The van der Waals surface area contributed by atoms with Crippen LogP contribution in [0, 0.1) is 0 Å². The monoisotopic (exact) mass is 479 g/mol. The van der Waals surface area contributed by atoms with Gasteiger partial charge in [-0.3, -0.25) is 9.59 Å². The fourth-order valence-electron chi connectivity index (χ4n) is 4.95. The second kappa shape index (κ2) is 9.43. The van der Waals surface area contributed by atoms with Crippen molar-refractivity contribution < 1.29 is 14.3 Å². The van der Waals surface area contributed by atoms with Crippen LogP contribution in [0.1, 0.15) is 43.1 Å². The summed E-state index contributed by atoms with van der Waals surface area (Å²) in [5.74, 6) is -0.000158. The molecule has 0 radical (unpaired) electrons. The number of rotatable bonds is 4. The Morgan fingerprint density at radius 1 is 1.00 bits per heavy atom. The molecule has 178 valence electrons. The first-order valence-electron chi connectivity index (χ1n) is 12.0. The Balaban J connectivity index is 1.28. The Labute approximate surface area is 205 Å². The maximum atomic E-state index is 13.1. The third kappa shape index (κ3) is 4.32. The molecule has 6 nitrogen and oxygen atoms in total. The van der Waals surface area contributed by atoms with E-state index in [1.54, 1.807) is 11.0 Å². The lowest BCUT2D eigenvalue weighted by Crippen LogP contribution is -2.52. The van der Waals surface area contributed by atoms with Crippen molar-refractivity contribution in [2.24, 2.45) is 0 Å². The molecular formula is C27H30ClN3O3. The molecule has 0 aliphatic carbocycles. The number of aromatic nitrogens is 1. The molecule has 1 atom stereocenters. The van der Waals surface area contributed by atoms with E-state index in [0.29, 0.717) is 49.4 Å². The van der Waals surface area contributed by atoms with Crippen LogP contribution in [-0.2, 0) is 9.53 Å². The van der Waals surface area contributed by atoms with E-state index < -0.39 is 0 Å². The number of ether oxygens (including phenoxy) is 1. The van der Waals surface area contributed by atoms with Crippen LogP contribution in [0.25, 0.3) is 22.0 Å². The predicted octanol–water partition coefficient (Wildman–Crippen LogP) is 5.01. The molecule has 2 fully saturated rings. The number of carbonyl (C=O) groups excluding carboxylic acids is 2. The molecular weight excluding hydrogens is 450 g/mol. The minimum absolute atomic E-state index is 0.0534. The standard InChI is InChI=1S/C27H30ClN3O3/c1-18(2)31-10-9-20-16-19(6-8-24(20)31)22-7-5-21(17-23(22)28)26(32)29-11-13-30(14-12-29)27(33)25-4-3-15-34-25/h5-10,16-18,25H,3-4,11-15H2,1-2H3/t25-/m1/s1. The van der Waals surface area contributed by atoms with Crippen LogP contribution in [0.2, 0.25) is 5.02 Å². The van der Waals surface area contributed by atoms with Crippen LogP contribution >= 0.6 is 11.6 Å². The summed E-state index contributed by atoms with van der Waals surface area (Å²) in [7, 11) is 0. The van der Waals surface area contributed by atoms with Crippen molar-refractivity contribution in [2.45, 2.75) is 38.8 Å². The van der Waals surface area contributed by atoms with Crippen molar-refractivity contribution in [2.75, 3.05) is 32.8 Å². The summed E-state index contributed by atoms with van der Waals surface area (Å²) in [6, 6.07) is 14.4. The average molecular weight is 480 g/mol. The van der Waals surface area contributed by atoms with Gasteiger partial charge in [0.15, 0.2) is 0 Å². The zero-order valence-corrected chi connectivity index (χ0v) is 20.4. The lowest BCUT2D eigenvalue weighted by atomic mass is 10.0. The fourth-order valence-corrected chi connectivity index (χ4v) is 5.24. The van der Waals surface area contributed by atoms with E-state index in [-0.39, 0.29) is 17.9 Å². The molecule has 3 aromatic rings. The lowest BCUT2D eigenvalue weighted by Gasteiger charge is -2.35. The number of carbonyl (C=O) groups is 2. The quantitative estimate of drug-likeness (QED) is 0.528. The van der Waals surface area contributed by atoms with Gasteiger partial charge in [0, 0.05) is 72.1 Å². The van der Waals surface area contributed by atoms with Gasteiger partial charge < -0.3 is 19.1 Å². The number of amides is 2. The molecule has 34 heavy (non-hydrogen) atoms. The molecule has 0 unspecified atom stereocenters. The highest BCUT2D eigenvalue weighted by Crippen LogP contribution is 2.32. The largest absolute Gasteiger partial charge is 0.368 e. The van der Waals surface area contributed by atoms with E-state index in [2.05, 4.69) is 48.9 Å². The molecule has 5 rings (SSSR count). The van der Waals surface area contributed by atoms with Gasteiger partial charge in [-0.25, -0.2) is 0 Å². The molecule has 0 N–H and O–H groups in total. The summed E-state index contributed by atoms with van der Waals surface area (Å²) >= 11 is 6.65. The first-order valence-corrected chi connectivity index (χ1v) is 12.4. The zero-order chi connectivity index (χ0) is 23.8. The van der Waals surface area contributed by atoms with E-state index in [9.17, 15) is 9.59 Å². The maximum Gasteiger partial charge on any atom is 0.254 e. The molecule has 2 aliphatic rings. The predicted molar refractivity (Wildman–Crippen MR) is 134 cm³/mol. The summed E-state index contributed by atoms with van der Waals surface area (Å²) in [4.78, 5) is 29.3. The van der Waals surface area contributed by atoms with Crippen LogP contribution in [0.3, 0.4) is 0 Å². The van der Waals surface area contributed by atoms with Gasteiger partial charge in [-0.15, -0.1) is 0 Å². The van der Waals surface area contributed by atoms with Crippen molar-refractivity contribution >= 4 is 34.3 Å². The molecule has 3 heterocycles. The minimum atomic E-state index is -0.309. The van der Waals surface area contributed by atoms with Crippen molar-refractivity contribution in [1.29, 1.82) is 0 Å². The third-order valence-electron chi connectivity index (χ3n) is 6.89. The van der Waals surface area contributed by atoms with E-state index >= 15 is 0 Å². The minimum Gasteiger partial charge on any atom is -0.368 e. The summed E-state index contributed by atoms with van der Waals surface area (Å²) in [5, 5.41) is 1.72. The van der Waals surface area contributed by atoms with Gasteiger partial charge in [-0.1, -0.05) is 23.7 Å². The first-order chi connectivity index (χ1) is 16.4. The SMILES string of the molecule is CC(C)n1ccc2cc(-c3ccc(C(=O)N4CCN(C(=O)[C@H]5CCCO5)CC4)cc3Cl)ccc21. The van der Waals surface area contributed by atoms with Crippen LogP contribution in [0.5, 0.6) is 0 Å². The molecule has 1 aromatic heterocycles. The molecule has 0 spiro atoms. The Bertz CT molecular complexity index is 1220. The summed E-state index contributed by atoms with van der Waals surface area (Å²) < 4.78 is 7.77. The highest BCUT2D eigenvalue weighted by molar-refractivity contribution is 6.33. The fraction of sp³-hybridized carbons (Fsp3) is 0.407. The van der Waals surface area contributed by atoms with Crippen LogP contribution < -0.4 is 0 Å². The lowest BCUT2D eigenvalue weighted by molar-refractivity contribution is -0.142. The zero-order valence-electron chi connectivity index (χ0n) is 19.7. The normalized spacial score (nSPS) is 18.8. The molecule has 7 heteroatoms. The van der Waals surface area contributed by atoms with E-state index in [1.165, 1.54) is 5.52 Å². The first kappa shape index (κ1) is 22.9. The van der Waals surface area contributed by atoms with Gasteiger partial charge in [0.2, 0.25) is 0 Å². The van der Waals surface area contributed by atoms with Gasteiger partial charge in [0.1, 0.15) is 6.10 Å². The van der Waals surface area contributed by atoms with Crippen molar-refractivity contribution in [3.05, 3.63) is 59.2 Å². The van der Waals surface area contributed by atoms with Gasteiger partial charge in [0.25, 0.3) is 11.8 Å². The molecule has 0 bridgehead atoms. The molecule has 2 amide bonds. The smallest absolute Gasteiger partial charge is 0.254 e. The maximum absolute atomic E-state index is 13.1. The number of hydrogen-bond donors (Lipinski definition) is 0. The Morgan fingerprint density at radius 2 is 1.76 bits per heavy atom. The van der Waals surface area contributed by atoms with E-state index in [1.807, 2.05) is 17.0 Å². The van der Waals surface area contributed by atoms with Crippen molar-refractivity contribution in [3.8, 4) is 11.1 Å². The third-order valence-corrected chi connectivity index (χ3v) is 7.20. The molecule has 2 aromatic carbocycles. The van der Waals surface area contributed by atoms with E-state index in [0.717, 1.165) is 29.4 Å². The van der Waals surface area contributed by atoms with Gasteiger partial charge >= 0.3 is 0 Å². The van der Waals surface area contributed by atoms with E-state index in [4.69, 9.17) is 16.3 Å². The van der Waals surface area contributed by atoms with Crippen LogP contribution in [0.15, 0.2) is 48.7 Å². The topological polar surface area (TPSA) is 54.8 Å². The number of hydrogen-bond acceptors (Lipinski definition) is 3. The highest BCUT2D eigenvalue weighted by atomic mass is 35.5.